The molecule has 5 atom stereocenters. The van der Waals surface area contributed by atoms with Crippen LogP contribution >= 0.6 is 23.2 Å². The first-order valence-corrected chi connectivity index (χ1v) is 12.7. The van der Waals surface area contributed by atoms with Crippen molar-refractivity contribution in [3.63, 3.8) is 0 Å². The van der Waals surface area contributed by atoms with Gasteiger partial charge in [-0.1, -0.05) is 61.3 Å². The minimum Gasteiger partial charge on any atom is -0.481 e. The Morgan fingerprint density at radius 3 is 2.50 bits per heavy atom. The molecule has 1 N–H and O–H groups in total. The topological polar surface area (TPSA) is 66.8 Å². The molecule has 2 aromatic carbocycles. The van der Waals surface area contributed by atoms with Gasteiger partial charge in [0, 0.05) is 22.6 Å². The Bertz CT molecular complexity index is 1040. The Labute approximate surface area is 211 Å². The number of hydrogen-bond acceptors (Lipinski definition) is 3. The van der Waals surface area contributed by atoms with E-state index >= 15 is 0 Å². The van der Waals surface area contributed by atoms with E-state index in [9.17, 15) is 14.7 Å². The van der Waals surface area contributed by atoms with Gasteiger partial charge in [0.25, 0.3) is 0 Å². The van der Waals surface area contributed by atoms with E-state index in [1.54, 1.807) is 6.92 Å². The number of carboxylic acids is 1. The molecule has 2 saturated heterocycles. The summed E-state index contributed by atoms with van der Waals surface area (Å²) in [5, 5.41) is 11.0. The van der Waals surface area contributed by atoms with Crippen LogP contribution in [0.2, 0.25) is 10.0 Å². The molecule has 2 aromatic rings. The van der Waals surface area contributed by atoms with Crippen molar-refractivity contribution < 1.29 is 19.4 Å². The number of rotatable bonds is 7. The Morgan fingerprint density at radius 2 is 1.91 bits per heavy atom. The van der Waals surface area contributed by atoms with E-state index in [1.807, 2.05) is 53.4 Å². The number of piperidine rings is 1. The maximum absolute atomic E-state index is 14.2. The molecule has 4 rings (SSSR count). The zero-order valence-corrected chi connectivity index (χ0v) is 21.1. The molecule has 2 aliphatic rings. The van der Waals surface area contributed by atoms with Crippen LogP contribution in [0, 0.1) is 5.41 Å². The van der Waals surface area contributed by atoms with Gasteiger partial charge in [0.2, 0.25) is 5.91 Å². The first kappa shape index (κ1) is 25.0. The van der Waals surface area contributed by atoms with Crippen LogP contribution in [0.4, 0.5) is 0 Å². The zero-order valence-electron chi connectivity index (χ0n) is 19.5. The highest BCUT2D eigenvalue weighted by molar-refractivity contribution is 6.30. The highest BCUT2D eigenvalue weighted by Gasteiger charge is 2.53. The number of hydrogen-bond donors (Lipinski definition) is 1. The quantitative estimate of drug-likeness (QED) is 0.468. The molecule has 182 valence electrons. The largest absolute Gasteiger partial charge is 0.481 e. The van der Waals surface area contributed by atoms with E-state index in [-0.39, 0.29) is 36.4 Å². The number of ether oxygens (including phenoxy) is 1. The van der Waals surface area contributed by atoms with Gasteiger partial charge in [-0.25, -0.2) is 0 Å². The highest BCUT2D eigenvalue weighted by Crippen LogP contribution is 2.52. The molecule has 0 bridgehead atoms. The molecule has 5 nitrogen and oxygen atoms in total. The fourth-order valence-electron chi connectivity index (χ4n) is 5.79. The second kappa shape index (κ2) is 10.3. The van der Waals surface area contributed by atoms with Gasteiger partial charge >= 0.3 is 5.97 Å². The minimum absolute atomic E-state index is 0.0732. The van der Waals surface area contributed by atoms with Crippen molar-refractivity contribution in [2.24, 2.45) is 5.41 Å². The smallest absolute Gasteiger partial charge is 0.304 e. The minimum atomic E-state index is -1.05. The summed E-state index contributed by atoms with van der Waals surface area (Å²) in [5.41, 5.74) is 0.911. The molecular formula is C27H31Cl2NO4. The third-order valence-corrected chi connectivity index (χ3v) is 7.79. The molecule has 2 aliphatic heterocycles. The highest BCUT2D eigenvalue weighted by atomic mass is 35.5. The Morgan fingerprint density at radius 1 is 1.18 bits per heavy atom. The molecule has 1 amide bonds. The maximum Gasteiger partial charge on any atom is 0.304 e. The summed E-state index contributed by atoms with van der Waals surface area (Å²) in [6.07, 6.45) is 2.66. The van der Waals surface area contributed by atoms with Crippen LogP contribution in [-0.4, -0.2) is 40.6 Å². The van der Waals surface area contributed by atoms with Crippen molar-refractivity contribution in [1.29, 1.82) is 0 Å². The molecule has 7 heteroatoms. The number of benzene rings is 2. The average molecular weight is 504 g/mol. The summed E-state index contributed by atoms with van der Waals surface area (Å²) < 4.78 is 6.07. The Hall–Kier alpha value is -2.08. The van der Waals surface area contributed by atoms with Crippen LogP contribution in [0.5, 0.6) is 0 Å². The molecule has 0 unspecified atom stereocenters. The first-order chi connectivity index (χ1) is 16.2. The molecule has 2 fully saturated rings. The van der Waals surface area contributed by atoms with E-state index < -0.39 is 11.4 Å². The van der Waals surface area contributed by atoms with E-state index in [0.717, 1.165) is 24.0 Å². The van der Waals surface area contributed by atoms with E-state index in [2.05, 4.69) is 6.92 Å². The third kappa shape index (κ3) is 4.98. The summed E-state index contributed by atoms with van der Waals surface area (Å²) in [5.74, 6) is -1.25. The number of halogens is 2. The third-order valence-electron chi connectivity index (χ3n) is 7.30. The summed E-state index contributed by atoms with van der Waals surface area (Å²) in [6.45, 7) is 4.53. The van der Waals surface area contributed by atoms with Crippen molar-refractivity contribution in [3.05, 3.63) is 69.7 Å². The lowest BCUT2D eigenvalue weighted by atomic mass is 9.66. The maximum atomic E-state index is 14.2. The number of carbonyl (C=O) groups excluding carboxylic acids is 1. The number of carboxylic acid groups (broad SMARTS) is 1. The fraction of sp³-hybridized carbons (Fsp3) is 0.481. The predicted octanol–water partition coefficient (Wildman–Crippen LogP) is 6.49. The second-order valence-electron chi connectivity index (χ2n) is 9.73. The van der Waals surface area contributed by atoms with Gasteiger partial charge in [0.15, 0.2) is 0 Å². The number of carbonyl (C=O) groups is 2. The number of nitrogens with zero attached hydrogens (tertiary/aromatic N) is 1. The number of aliphatic carboxylic acids is 1. The van der Waals surface area contributed by atoms with Crippen LogP contribution in [0.25, 0.3) is 0 Å². The second-order valence-corrected chi connectivity index (χ2v) is 10.6. The molecule has 34 heavy (non-hydrogen) atoms. The normalized spacial score (nSPS) is 28.2. The van der Waals surface area contributed by atoms with Gasteiger partial charge in [-0.05, 0) is 61.1 Å². The van der Waals surface area contributed by atoms with Gasteiger partial charge in [0.05, 0.1) is 30.0 Å². The predicted molar refractivity (Wildman–Crippen MR) is 133 cm³/mol. The Balaban J connectivity index is 1.90. The molecule has 2 heterocycles. The van der Waals surface area contributed by atoms with Gasteiger partial charge in [0.1, 0.15) is 0 Å². The van der Waals surface area contributed by atoms with Crippen LogP contribution in [0.3, 0.4) is 0 Å². The lowest BCUT2D eigenvalue weighted by Gasteiger charge is -2.52. The van der Waals surface area contributed by atoms with Crippen molar-refractivity contribution in [3.8, 4) is 0 Å². The van der Waals surface area contributed by atoms with Crippen LogP contribution < -0.4 is 0 Å². The molecule has 0 aliphatic carbocycles. The lowest BCUT2D eigenvalue weighted by molar-refractivity contribution is -0.164. The fourth-order valence-corrected chi connectivity index (χ4v) is 6.11. The van der Waals surface area contributed by atoms with Gasteiger partial charge in [-0.2, -0.15) is 0 Å². The van der Waals surface area contributed by atoms with E-state index in [0.29, 0.717) is 29.5 Å². The molecule has 0 spiro atoms. The summed E-state index contributed by atoms with van der Waals surface area (Å²) in [4.78, 5) is 28.0. The van der Waals surface area contributed by atoms with Crippen molar-refractivity contribution in [2.75, 3.05) is 6.61 Å². The first-order valence-electron chi connectivity index (χ1n) is 11.9. The Kier molecular flexibility index (Phi) is 7.56. The van der Waals surface area contributed by atoms with Crippen LogP contribution in [-0.2, 0) is 14.3 Å². The van der Waals surface area contributed by atoms with Crippen molar-refractivity contribution in [1.82, 2.24) is 4.90 Å². The summed E-state index contributed by atoms with van der Waals surface area (Å²) in [6, 6.07) is 14.8. The van der Waals surface area contributed by atoms with Gasteiger partial charge in [-0.15, -0.1) is 0 Å². The van der Waals surface area contributed by atoms with Crippen molar-refractivity contribution in [2.45, 2.75) is 70.1 Å². The number of likely N-dealkylation sites (tertiary alicyclic amines) is 1. The van der Waals surface area contributed by atoms with Crippen LogP contribution in [0.1, 0.15) is 69.0 Å². The molecule has 0 aromatic heterocycles. The van der Waals surface area contributed by atoms with Crippen molar-refractivity contribution >= 4 is 35.1 Å². The number of amides is 1. The van der Waals surface area contributed by atoms with Gasteiger partial charge in [-0.3, -0.25) is 9.59 Å². The average Bonchev–Trinajstić information content (AvgIpc) is 3.32. The summed E-state index contributed by atoms with van der Waals surface area (Å²) >= 11 is 12.6. The summed E-state index contributed by atoms with van der Waals surface area (Å²) in [7, 11) is 0. The molecular weight excluding hydrogens is 473 g/mol. The van der Waals surface area contributed by atoms with E-state index in [1.165, 1.54) is 0 Å². The zero-order chi connectivity index (χ0) is 24.5. The molecule has 0 saturated carbocycles. The standard InChI is InChI=1S/C27H31Cl2NO4/c1-3-22(23-8-5-13-34-23)30-25(17-9-11-19(28)12-10-17)21(18-6-4-7-20(29)14-18)15-27(2,26(30)33)16-24(31)32/h4,6-7,9-12,14,21-23,25H,3,5,8,13,15-16H2,1-2H3,(H,31,32)/t21-,22+,23+,25-,27-/m1/s1. The molecule has 0 radical (unpaired) electrons. The van der Waals surface area contributed by atoms with Crippen LogP contribution in [0.15, 0.2) is 48.5 Å². The van der Waals surface area contributed by atoms with E-state index in [4.69, 9.17) is 27.9 Å². The lowest BCUT2D eigenvalue weighted by Crippen LogP contribution is -2.58. The monoisotopic (exact) mass is 503 g/mol. The van der Waals surface area contributed by atoms with Gasteiger partial charge < -0.3 is 14.7 Å². The SMILES string of the molecule is CC[C@@H]([C@@H]1CCCO1)N1C(=O)[C@@](C)(CC(=O)O)C[C@H](c2cccc(Cl)c2)[C@H]1c1ccc(Cl)cc1.